The number of amides is 1. The maximum atomic E-state index is 11.8. The number of nitrogens with zero attached hydrogens (tertiary/aromatic N) is 1. The summed E-state index contributed by atoms with van der Waals surface area (Å²) in [7, 11) is 1.35. The van der Waals surface area contributed by atoms with Crippen LogP contribution in [-0.4, -0.2) is 55.5 Å². The zero-order chi connectivity index (χ0) is 14.5. The minimum Gasteiger partial charge on any atom is -0.469 e. The van der Waals surface area contributed by atoms with E-state index >= 15 is 0 Å². The molecule has 1 atom stereocenters. The number of ether oxygens (including phenoxy) is 3. The highest BCUT2D eigenvalue weighted by Crippen LogP contribution is 2.21. The monoisotopic (exact) mass is 273 g/mol. The molecule has 0 bridgehead atoms. The largest absolute Gasteiger partial charge is 0.469 e. The fourth-order valence-electron chi connectivity index (χ4n) is 1.65. The Morgan fingerprint density at radius 3 is 2.47 bits per heavy atom. The van der Waals surface area contributed by atoms with Crippen molar-refractivity contribution in [1.29, 1.82) is 0 Å². The Bertz CT molecular complexity index is 323. The summed E-state index contributed by atoms with van der Waals surface area (Å²) in [6, 6.07) is 0.0486. The third-order valence-electron chi connectivity index (χ3n) is 2.76. The minimum atomic E-state index is -0.483. The molecule has 1 heterocycles. The van der Waals surface area contributed by atoms with Crippen molar-refractivity contribution in [3.63, 3.8) is 0 Å². The summed E-state index contributed by atoms with van der Waals surface area (Å²) in [5.74, 6) is -0.294. The van der Waals surface area contributed by atoms with Gasteiger partial charge in [-0.1, -0.05) is 0 Å². The van der Waals surface area contributed by atoms with Crippen LogP contribution in [-0.2, 0) is 19.0 Å². The fourth-order valence-corrected chi connectivity index (χ4v) is 1.65. The van der Waals surface area contributed by atoms with E-state index in [2.05, 4.69) is 4.74 Å². The summed E-state index contributed by atoms with van der Waals surface area (Å²) in [5.41, 5.74) is -0.483. The molecule has 0 aliphatic carbocycles. The van der Waals surface area contributed by atoms with Gasteiger partial charge in [-0.15, -0.1) is 0 Å². The van der Waals surface area contributed by atoms with Gasteiger partial charge in [0.05, 0.1) is 32.8 Å². The molecule has 0 saturated carbocycles. The molecule has 0 unspecified atom stereocenters. The molecule has 0 radical (unpaired) electrons. The second kappa shape index (κ2) is 6.75. The highest BCUT2D eigenvalue weighted by Gasteiger charge is 2.35. The van der Waals surface area contributed by atoms with E-state index in [1.165, 1.54) is 7.11 Å². The summed E-state index contributed by atoms with van der Waals surface area (Å²) in [6.45, 7) is 6.95. The molecule has 1 fully saturated rings. The van der Waals surface area contributed by atoms with E-state index in [1.54, 1.807) is 4.90 Å². The van der Waals surface area contributed by atoms with Crippen molar-refractivity contribution in [1.82, 2.24) is 4.90 Å². The maximum absolute atomic E-state index is 11.8. The van der Waals surface area contributed by atoms with E-state index in [0.717, 1.165) is 6.42 Å². The molecule has 6 nitrogen and oxygen atoms in total. The Morgan fingerprint density at radius 1 is 1.32 bits per heavy atom. The molecule has 0 aromatic carbocycles. The SMILES string of the molecule is COC(=O)CCOC[C@@H]1CCN1C(=O)OC(C)(C)C. The molecule has 19 heavy (non-hydrogen) atoms. The molecule has 1 aliphatic heterocycles. The molecule has 1 rings (SSSR count). The number of methoxy groups -OCH3 is 1. The number of carbonyl (C=O) groups is 2. The third-order valence-corrected chi connectivity index (χ3v) is 2.76. The van der Waals surface area contributed by atoms with Gasteiger partial charge in [-0.25, -0.2) is 4.79 Å². The fraction of sp³-hybridized carbons (Fsp3) is 0.846. The molecule has 6 heteroatoms. The first kappa shape index (κ1) is 15.8. The molecular formula is C13H23NO5. The van der Waals surface area contributed by atoms with Crippen LogP contribution in [0.4, 0.5) is 4.79 Å². The highest BCUT2D eigenvalue weighted by molar-refractivity contribution is 5.69. The zero-order valence-corrected chi connectivity index (χ0v) is 12.1. The molecule has 0 N–H and O–H groups in total. The van der Waals surface area contributed by atoms with Gasteiger partial charge in [0, 0.05) is 6.54 Å². The summed E-state index contributed by atoms with van der Waals surface area (Å²) in [5, 5.41) is 0. The third kappa shape index (κ3) is 5.46. The van der Waals surface area contributed by atoms with Crippen LogP contribution in [0.5, 0.6) is 0 Å². The number of hydrogen-bond donors (Lipinski definition) is 0. The van der Waals surface area contributed by atoms with E-state index in [4.69, 9.17) is 9.47 Å². The van der Waals surface area contributed by atoms with Gasteiger partial charge in [0.15, 0.2) is 0 Å². The Morgan fingerprint density at radius 2 is 2.00 bits per heavy atom. The van der Waals surface area contributed by atoms with Crippen molar-refractivity contribution < 1.29 is 23.8 Å². The van der Waals surface area contributed by atoms with E-state index < -0.39 is 5.60 Å². The van der Waals surface area contributed by atoms with Crippen molar-refractivity contribution in [2.45, 2.75) is 45.3 Å². The summed E-state index contributed by atoms with van der Waals surface area (Å²) >= 11 is 0. The lowest BCUT2D eigenvalue weighted by atomic mass is 10.1. The number of likely N-dealkylation sites (tertiary alicyclic amines) is 1. The molecule has 1 saturated heterocycles. The topological polar surface area (TPSA) is 65.1 Å². The quantitative estimate of drug-likeness (QED) is 0.562. The van der Waals surface area contributed by atoms with Crippen LogP contribution in [0.3, 0.4) is 0 Å². The van der Waals surface area contributed by atoms with Gasteiger partial charge in [0.1, 0.15) is 5.60 Å². The van der Waals surface area contributed by atoms with Crippen LogP contribution >= 0.6 is 0 Å². The second-order valence-corrected chi connectivity index (χ2v) is 5.52. The molecule has 1 aliphatic rings. The summed E-state index contributed by atoms with van der Waals surface area (Å²) < 4.78 is 15.2. The lowest BCUT2D eigenvalue weighted by Crippen LogP contribution is -2.54. The van der Waals surface area contributed by atoms with Crippen LogP contribution in [0.1, 0.15) is 33.6 Å². The minimum absolute atomic E-state index is 0.0486. The predicted molar refractivity (Wildman–Crippen MR) is 68.8 cm³/mol. The molecule has 0 aromatic heterocycles. The van der Waals surface area contributed by atoms with Crippen molar-refractivity contribution in [3.05, 3.63) is 0 Å². The lowest BCUT2D eigenvalue weighted by Gasteiger charge is -2.41. The average molecular weight is 273 g/mol. The van der Waals surface area contributed by atoms with Crippen LogP contribution in [0.2, 0.25) is 0 Å². The summed E-state index contributed by atoms with van der Waals surface area (Å²) in [6.07, 6.45) is 0.827. The van der Waals surface area contributed by atoms with Crippen molar-refractivity contribution >= 4 is 12.1 Å². The highest BCUT2D eigenvalue weighted by atomic mass is 16.6. The first-order chi connectivity index (χ1) is 8.83. The maximum Gasteiger partial charge on any atom is 0.410 e. The number of esters is 1. The van der Waals surface area contributed by atoms with Gasteiger partial charge in [-0.05, 0) is 27.2 Å². The Labute approximate surface area is 114 Å². The van der Waals surface area contributed by atoms with Crippen LogP contribution < -0.4 is 0 Å². The smallest absolute Gasteiger partial charge is 0.410 e. The number of rotatable bonds is 5. The standard InChI is InChI=1S/C13H23NO5/c1-13(2,3)19-12(16)14-7-5-10(14)9-18-8-6-11(15)17-4/h10H,5-9H2,1-4H3/t10-/m0/s1. The molecule has 110 valence electrons. The molecule has 1 amide bonds. The van der Waals surface area contributed by atoms with Gasteiger partial charge in [0.2, 0.25) is 0 Å². The van der Waals surface area contributed by atoms with Gasteiger partial charge in [0.25, 0.3) is 0 Å². The Kier molecular flexibility index (Phi) is 5.60. The lowest BCUT2D eigenvalue weighted by molar-refractivity contribution is -0.142. The summed E-state index contributed by atoms with van der Waals surface area (Å²) in [4.78, 5) is 24.4. The normalized spacial score (nSPS) is 18.7. The number of carbonyl (C=O) groups excluding carboxylic acids is 2. The van der Waals surface area contributed by atoms with E-state index in [1.807, 2.05) is 20.8 Å². The van der Waals surface area contributed by atoms with Gasteiger partial charge < -0.3 is 19.1 Å². The first-order valence-corrected chi connectivity index (χ1v) is 6.47. The predicted octanol–water partition coefficient (Wildman–Crippen LogP) is 1.58. The zero-order valence-electron chi connectivity index (χ0n) is 12.1. The Hall–Kier alpha value is -1.30. The van der Waals surface area contributed by atoms with E-state index in [0.29, 0.717) is 19.8 Å². The van der Waals surface area contributed by atoms with Crippen LogP contribution in [0, 0.1) is 0 Å². The second-order valence-electron chi connectivity index (χ2n) is 5.52. The van der Waals surface area contributed by atoms with E-state index in [-0.39, 0.29) is 24.5 Å². The van der Waals surface area contributed by atoms with Gasteiger partial charge in [-0.3, -0.25) is 4.79 Å². The molecular weight excluding hydrogens is 250 g/mol. The first-order valence-electron chi connectivity index (χ1n) is 6.47. The molecule has 0 spiro atoms. The average Bonchev–Trinajstić information content (AvgIpc) is 2.23. The Balaban J connectivity index is 2.21. The molecule has 0 aromatic rings. The van der Waals surface area contributed by atoms with Crippen LogP contribution in [0.25, 0.3) is 0 Å². The van der Waals surface area contributed by atoms with Crippen molar-refractivity contribution in [2.75, 3.05) is 26.9 Å². The van der Waals surface area contributed by atoms with Crippen molar-refractivity contribution in [3.8, 4) is 0 Å². The number of hydrogen-bond acceptors (Lipinski definition) is 5. The van der Waals surface area contributed by atoms with Crippen LogP contribution in [0.15, 0.2) is 0 Å². The van der Waals surface area contributed by atoms with Crippen molar-refractivity contribution in [2.24, 2.45) is 0 Å². The van der Waals surface area contributed by atoms with Gasteiger partial charge in [-0.2, -0.15) is 0 Å². The van der Waals surface area contributed by atoms with E-state index in [9.17, 15) is 9.59 Å². The van der Waals surface area contributed by atoms with Gasteiger partial charge >= 0.3 is 12.1 Å².